The van der Waals surface area contributed by atoms with Crippen molar-refractivity contribution in [2.24, 2.45) is 0 Å². The Balaban J connectivity index is 2.48. The van der Waals surface area contributed by atoms with E-state index < -0.39 is 0 Å². The van der Waals surface area contributed by atoms with Gasteiger partial charge < -0.3 is 10.1 Å². The first-order valence-corrected chi connectivity index (χ1v) is 7.84. The summed E-state index contributed by atoms with van der Waals surface area (Å²) in [5.74, 6) is 0. The second kappa shape index (κ2) is 7.01. The number of nitrogens with zero attached hydrogens (tertiary/aromatic N) is 1. The third-order valence-electron chi connectivity index (χ3n) is 4.48. The molecule has 1 unspecified atom stereocenters. The van der Waals surface area contributed by atoms with E-state index in [1.165, 1.54) is 10.9 Å². The highest BCUT2D eigenvalue weighted by molar-refractivity contribution is 5.78. The van der Waals surface area contributed by atoms with Gasteiger partial charge in [-0.25, -0.2) is 0 Å². The zero-order chi connectivity index (χ0) is 15.3. The summed E-state index contributed by atoms with van der Waals surface area (Å²) < 4.78 is 5.93. The summed E-state index contributed by atoms with van der Waals surface area (Å²) in [4.78, 5) is 4.61. The Kier molecular flexibility index (Phi) is 5.32. The van der Waals surface area contributed by atoms with Crippen molar-refractivity contribution in [3.63, 3.8) is 0 Å². The largest absolute Gasteiger partial charge is 0.376 e. The molecule has 0 fully saturated rings. The van der Waals surface area contributed by atoms with Gasteiger partial charge in [0.2, 0.25) is 0 Å². The molecule has 0 saturated heterocycles. The zero-order valence-corrected chi connectivity index (χ0v) is 13.5. The maximum atomic E-state index is 5.93. The van der Waals surface area contributed by atoms with Gasteiger partial charge in [-0.05, 0) is 37.1 Å². The Morgan fingerprint density at radius 1 is 1.19 bits per heavy atom. The average Bonchev–Trinajstić information content (AvgIpc) is 2.55. The molecule has 1 aromatic heterocycles. The maximum absolute atomic E-state index is 5.93. The molecule has 3 heteroatoms. The molecule has 0 aliphatic heterocycles. The van der Waals surface area contributed by atoms with E-state index in [2.05, 4.69) is 49.3 Å². The molecule has 1 atom stereocenters. The molecule has 2 rings (SSSR count). The van der Waals surface area contributed by atoms with Crippen LogP contribution in [0.4, 0.5) is 0 Å². The van der Waals surface area contributed by atoms with E-state index in [0.717, 1.165) is 24.9 Å². The van der Waals surface area contributed by atoms with Crippen molar-refractivity contribution >= 4 is 10.9 Å². The minimum Gasteiger partial charge on any atom is -0.376 e. The molecule has 114 valence electrons. The molecular weight excluding hydrogens is 260 g/mol. The van der Waals surface area contributed by atoms with E-state index in [-0.39, 0.29) is 11.6 Å². The number of pyridine rings is 1. The van der Waals surface area contributed by atoms with Gasteiger partial charge in [-0.2, -0.15) is 0 Å². The number of likely N-dealkylation sites (N-methyl/N-ethyl adjacent to an activating group) is 1. The van der Waals surface area contributed by atoms with E-state index in [0.29, 0.717) is 0 Å². The first kappa shape index (κ1) is 15.9. The second-order valence-electron chi connectivity index (χ2n) is 5.43. The molecule has 21 heavy (non-hydrogen) atoms. The van der Waals surface area contributed by atoms with Crippen LogP contribution in [0, 0.1) is 0 Å². The smallest absolute Gasteiger partial charge is 0.0867 e. The Morgan fingerprint density at radius 3 is 2.52 bits per heavy atom. The van der Waals surface area contributed by atoms with Gasteiger partial charge in [0.25, 0.3) is 0 Å². The highest BCUT2D eigenvalue weighted by Crippen LogP contribution is 2.35. The molecule has 0 radical (unpaired) electrons. The number of benzene rings is 1. The van der Waals surface area contributed by atoms with Gasteiger partial charge in [0.15, 0.2) is 0 Å². The first-order valence-electron chi connectivity index (χ1n) is 7.84. The van der Waals surface area contributed by atoms with Gasteiger partial charge in [-0.15, -0.1) is 0 Å². The summed E-state index contributed by atoms with van der Waals surface area (Å²) >= 11 is 0. The molecule has 1 aromatic carbocycles. The average molecular weight is 286 g/mol. The minimum absolute atomic E-state index is 0.152. The van der Waals surface area contributed by atoms with Crippen LogP contribution >= 0.6 is 0 Å². The fraction of sp³-hybridized carbons (Fsp3) is 0.500. The van der Waals surface area contributed by atoms with Crippen molar-refractivity contribution in [2.75, 3.05) is 13.7 Å². The summed E-state index contributed by atoms with van der Waals surface area (Å²) in [7, 11) is 1.81. The quantitative estimate of drug-likeness (QED) is 0.832. The fourth-order valence-corrected chi connectivity index (χ4v) is 3.12. The second-order valence-corrected chi connectivity index (χ2v) is 5.43. The van der Waals surface area contributed by atoms with Crippen molar-refractivity contribution in [2.45, 2.75) is 45.3 Å². The molecule has 0 amide bonds. The summed E-state index contributed by atoms with van der Waals surface area (Å²) in [5, 5.41) is 4.77. The van der Waals surface area contributed by atoms with Crippen LogP contribution in [-0.2, 0) is 4.74 Å². The predicted molar refractivity (Wildman–Crippen MR) is 88.5 cm³/mol. The summed E-state index contributed by atoms with van der Waals surface area (Å²) in [6.07, 6.45) is 3.91. The molecular formula is C18H26N2O. The standard InChI is InChI=1S/C18H26N2O/c1-5-18(6-2,21-4)17(19-7-3)15-12-14-10-8-9-11-16(14)20-13-15/h8-13,17,19H,5-7H2,1-4H3. The van der Waals surface area contributed by atoms with Crippen LogP contribution < -0.4 is 5.32 Å². The van der Waals surface area contributed by atoms with Crippen LogP contribution in [0.25, 0.3) is 10.9 Å². The van der Waals surface area contributed by atoms with Gasteiger partial charge in [0.05, 0.1) is 17.2 Å². The van der Waals surface area contributed by atoms with Crippen LogP contribution in [0.5, 0.6) is 0 Å². The molecule has 3 nitrogen and oxygen atoms in total. The summed E-state index contributed by atoms with van der Waals surface area (Å²) in [5.41, 5.74) is 2.04. The summed E-state index contributed by atoms with van der Waals surface area (Å²) in [6, 6.07) is 10.6. The Morgan fingerprint density at radius 2 is 1.90 bits per heavy atom. The van der Waals surface area contributed by atoms with Gasteiger partial charge >= 0.3 is 0 Å². The lowest BCUT2D eigenvalue weighted by Crippen LogP contribution is -2.44. The van der Waals surface area contributed by atoms with E-state index in [1.54, 1.807) is 0 Å². The Labute approximate surface area is 127 Å². The van der Waals surface area contributed by atoms with Crippen LogP contribution in [0.2, 0.25) is 0 Å². The number of rotatable bonds is 7. The highest BCUT2D eigenvalue weighted by atomic mass is 16.5. The van der Waals surface area contributed by atoms with Crippen molar-refractivity contribution in [3.05, 3.63) is 42.1 Å². The highest BCUT2D eigenvalue weighted by Gasteiger charge is 2.36. The minimum atomic E-state index is -0.194. The normalized spacial score (nSPS) is 13.5. The van der Waals surface area contributed by atoms with Crippen molar-refractivity contribution in [3.8, 4) is 0 Å². The molecule has 0 bridgehead atoms. The van der Waals surface area contributed by atoms with E-state index >= 15 is 0 Å². The third kappa shape index (κ3) is 3.09. The van der Waals surface area contributed by atoms with Crippen molar-refractivity contribution < 1.29 is 4.74 Å². The van der Waals surface area contributed by atoms with Gasteiger partial charge in [0, 0.05) is 18.7 Å². The number of hydrogen-bond donors (Lipinski definition) is 1. The molecule has 1 heterocycles. The van der Waals surface area contributed by atoms with Crippen molar-refractivity contribution in [1.29, 1.82) is 0 Å². The zero-order valence-electron chi connectivity index (χ0n) is 13.5. The van der Waals surface area contributed by atoms with E-state index in [1.807, 2.05) is 25.4 Å². The van der Waals surface area contributed by atoms with Gasteiger partial charge in [-0.1, -0.05) is 39.0 Å². The van der Waals surface area contributed by atoms with Crippen LogP contribution in [0.1, 0.15) is 45.2 Å². The fourth-order valence-electron chi connectivity index (χ4n) is 3.12. The van der Waals surface area contributed by atoms with E-state index in [4.69, 9.17) is 4.74 Å². The van der Waals surface area contributed by atoms with Crippen molar-refractivity contribution in [1.82, 2.24) is 10.3 Å². The van der Waals surface area contributed by atoms with Gasteiger partial charge in [-0.3, -0.25) is 4.98 Å². The number of aromatic nitrogens is 1. The van der Waals surface area contributed by atoms with Crippen LogP contribution in [0.3, 0.4) is 0 Å². The number of methoxy groups -OCH3 is 1. The Bertz CT molecular complexity index is 570. The first-order chi connectivity index (χ1) is 10.2. The SMILES string of the molecule is CCNC(c1cnc2ccccc2c1)C(CC)(CC)OC. The topological polar surface area (TPSA) is 34.2 Å². The number of fused-ring (bicyclic) bond motifs is 1. The number of hydrogen-bond acceptors (Lipinski definition) is 3. The van der Waals surface area contributed by atoms with E-state index in [9.17, 15) is 0 Å². The predicted octanol–water partition coefficient (Wildman–Crippen LogP) is 4.09. The lowest BCUT2D eigenvalue weighted by atomic mass is 9.84. The molecule has 2 aromatic rings. The number of ether oxygens (including phenoxy) is 1. The summed E-state index contributed by atoms with van der Waals surface area (Å²) in [6.45, 7) is 7.41. The molecule has 0 aliphatic rings. The van der Waals surface area contributed by atoms with Crippen LogP contribution in [-0.4, -0.2) is 24.2 Å². The lowest BCUT2D eigenvalue weighted by molar-refractivity contribution is -0.0482. The number of para-hydroxylation sites is 1. The third-order valence-corrected chi connectivity index (χ3v) is 4.48. The molecule has 0 aliphatic carbocycles. The Hall–Kier alpha value is -1.45. The maximum Gasteiger partial charge on any atom is 0.0867 e. The number of nitrogens with one attached hydrogen (secondary N) is 1. The molecule has 0 spiro atoms. The van der Waals surface area contributed by atoms with Crippen LogP contribution in [0.15, 0.2) is 36.5 Å². The molecule has 0 saturated carbocycles. The lowest BCUT2D eigenvalue weighted by Gasteiger charge is -2.39. The monoisotopic (exact) mass is 286 g/mol. The molecule has 1 N–H and O–H groups in total. The van der Waals surface area contributed by atoms with Gasteiger partial charge in [0.1, 0.15) is 0 Å².